The topological polar surface area (TPSA) is 38.1 Å². The Balaban J connectivity index is 2.79. The standard InChI is InChI=1S/C18H23ClN2O/c1-7-14(19)9-15-16(10(2)8-11(3)18(15)22)17-12(4)13(5)21(6)20-17/h7-8,22H,9H2,1-6H3/b14-7-. The van der Waals surface area contributed by atoms with Crippen LogP contribution in [0.1, 0.15) is 34.9 Å². The lowest BCUT2D eigenvalue weighted by atomic mass is 9.91. The first-order chi connectivity index (χ1) is 10.3. The molecule has 3 nitrogen and oxygen atoms in total. The van der Waals surface area contributed by atoms with Crippen LogP contribution in [-0.2, 0) is 13.5 Å². The van der Waals surface area contributed by atoms with Crippen LogP contribution in [0.25, 0.3) is 11.3 Å². The highest BCUT2D eigenvalue weighted by molar-refractivity contribution is 6.29. The number of phenols is 1. The van der Waals surface area contributed by atoms with Gasteiger partial charge in [0.05, 0.1) is 5.69 Å². The van der Waals surface area contributed by atoms with Crippen LogP contribution in [0, 0.1) is 27.7 Å². The van der Waals surface area contributed by atoms with Gasteiger partial charge in [0.15, 0.2) is 0 Å². The molecule has 1 aromatic heterocycles. The Morgan fingerprint density at radius 1 is 1.27 bits per heavy atom. The zero-order valence-corrected chi connectivity index (χ0v) is 14.8. The molecule has 0 amide bonds. The van der Waals surface area contributed by atoms with E-state index < -0.39 is 0 Å². The third kappa shape index (κ3) is 2.78. The molecule has 0 aliphatic rings. The van der Waals surface area contributed by atoms with Crippen molar-refractivity contribution < 1.29 is 5.11 Å². The summed E-state index contributed by atoms with van der Waals surface area (Å²) >= 11 is 6.24. The molecule has 0 aliphatic heterocycles. The molecular weight excluding hydrogens is 296 g/mol. The molecule has 22 heavy (non-hydrogen) atoms. The predicted molar refractivity (Wildman–Crippen MR) is 92.6 cm³/mol. The van der Waals surface area contributed by atoms with Crippen LogP contribution in [0.15, 0.2) is 17.2 Å². The number of rotatable bonds is 3. The van der Waals surface area contributed by atoms with E-state index in [1.807, 2.05) is 44.6 Å². The van der Waals surface area contributed by atoms with Crippen molar-refractivity contribution in [2.45, 2.75) is 41.0 Å². The summed E-state index contributed by atoms with van der Waals surface area (Å²) in [6.07, 6.45) is 2.37. The Labute approximate surface area is 137 Å². The Morgan fingerprint density at radius 2 is 1.91 bits per heavy atom. The fourth-order valence-electron chi connectivity index (χ4n) is 2.78. The van der Waals surface area contributed by atoms with Crippen molar-refractivity contribution in [1.82, 2.24) is 9.78 Å². The van der Waals surface area contributed by atoms with Gasteiger partial charge in [-0.1, -0.05) is 23.7 Å². The molecule has 0 fully saturated rings. The van der Waals surface area contributed by atoms with Crippen molar-refractivity contribution >= 4 is 11.6 Å². The second-order valence-corrected chi connectivity index (χ2v) is 6.29. The molecule has 0 radical (unpaired) electrons. The summed E-state index contributed by atoms with van der Waals surface area (Å²) in [6.45, 7) is 9.98. The molecule has 0 aliphatic carbocycles. The molecule has 1 aromatic carbocycles. The van der Waals surface area contributed by atoms with Crippen molar-refractivity contribution in [2.75, 3.05) is 0 Å². The van der Waals surface area contributed by atoms with E-state index in [4.69, 9.17) is 11.6 Å². The smallest absolute Gasteiger partial charge is 0.122 e. The van der Waals surface area contributed by atoms with E-state index >= 15 is 0 Å². The normalized spacial score (nSPS) is 12.0. The zero-order chi connectivity index (χ0) is 16.6. The van der Waals surface area contributed by atoms with Gasteiger partial charge in [0.25, 0.3) is 0 Å². The number of aromatic hydroxyl groups is 1. The average Bonchev–Trinajstić information content (AvgIpc) is 2.72. The Hall–Kier alpha value is -1.74. The second kappa shape index (κ2) is 6.17. The van der Waals surface area contributed by atoms with Crippen LogP contribution < -0.4 is 0 Å². The summed E-state index contributed by atoms with van der Waals surface area (Å²) in [5.74, 6) is 0.309. The summed E-state index contributed by atoms with van der Waals surface area (Å²) in [5, 5.41) is 15.9. The highest BCUT2D eigenvalue weighted by Crippen LogP contribution is 2.38. The molecular formula is C18H23ClN2O. The first-order valence-electron chi connectivity index (χ1n) is 7.41. The highest BCUT2D eigenvalue weighted by atomic mass is 35.5. The van der Waals surface area contributed by atoms with Gasteiger partial charge >= 0.3 is 0 Å². The maximum absolute atomic E-state index is 10.6. The molecule has 1 N–H and O–H groups in total. The molecule has 1 heterocycles. The van der Waals surface area contributed by atoms with Crippen molar-refractivity contribution in [1.29, 1.82) is 0 Å². The van der Waals surface area contributed by atoms with E-state index in [1.165, 1.54) is 0 Å². The number of aromatic nitrogens is 2. The van der Waals surface area contributed by atoms with Crippen LogP contribution in [0.5, 0.6) is 5.75 Å². The van der Waals surface area contributed by atoms with Gasteiger partial charge in [-0.2, -0.15) is 5.10 Å². The zero-order valence-electron chi connectivity index (χ0n) is 14.1. The summed E-state index contributed by atoms with van der Waals surface area (Å²) in [4.78, 5) is 0. The van der Waals surface area contributed by atoms with Gasteiger partial charge < -0.3 is 5.11 Å². The van der Waals surface area contributed by atoms with Crippen LogP contribution in [-0.4, -0.2) is 14.9 Å². The number of allylic oxidation sites excluding steroid dienone is 2. The number of nitrogens with zero attached hydrogens (tertiary/aromatic N) is 2. The maximum atomic E-state index is 10.6. The maximum Gasteiger partial charge on any atom is 0.122 e. The first-order valence-corrected chi connectivity index (χ1v) is 7.79. The first kappa shape index (κ1) is 16.6. The lowest BCUT2D eigenvalue weighted by Crippen LogP contribution is -1.99. The summed E-state index contributed by atoms with van der Waals surface area (Å²) < 4.78 is 1.88. The van der Waals surface area contributed by atoms with E-state index in [0.717, 1.165) is 39.2 Å². The number of halogens is 1. The molecule has 0 atom stereocenters. The van der Waals surface area contributed by atoms with Crippen molar-refractivity contribution in [3.05, 3.63) is 45.1 Å². The fourth-order valence-corrected chi connectivity index (χ4v) is 2.92. The van der Waals surface area contributed by atoms with Gasteiger partial charge in [0.1, 0.15) is 5.75 Å². The number of hydrogen-bond acceptors (Lipinski definition) is 2. The van der Waals surface area contributed by atoms with Crippen LogP contribution in [0.4, 0.5) is 0 Å². The second-order valence-electron chi connectivity index (χ2n) is 5.81. The largest absolute Gasteiger partial charge is 0.507 e. The molecule has 0 bridgehead atoms. The highest BCUT2D eigenvalue weighted by Gasteiger charge is 2.21. The molecule has 0 spiro atoms. The third-order valence-corrected chi connectivity index (χ3v) is 4.67. The van der Waals surface area contributed by atoms with E-state index in [2.05, 4.69) is 18.9 Å². The molecule has 0 saturated carbocycles. The predicted octanol–water partition coefficient (Wildman–Crippen LogP) is 4.71. The number of benzene rings is 1. The summed E-state index contributed by atoms with van der Waals surface area (Å²) in [5.41, 5.74) is 6.98. The molecule has 4 heteroatoms. The molecule has 2 aromatic rings. The minimum absolute atomic E-state index is 0.309. The average molecular weight is 319 g/mol. The van der Waals surface area contributed by atoms with Crippen LogP contribution in [0.2, 0.25) is 0 Å². The van der Waals surface area contributed by atoms with Gasteiger partial charge in [-0.05, 0) is 51.3 Å². The Bertz CT molecular complexity index is 757. The van der Waals surface area contributed by atoms with Crippen molar-refractivity contribution in [2.24, 2.45) is 7.05 Å². The Kier molecular flexibility index (Phi) is 4.66. The van der Waals surface area contributed by atoms with Gasteiger partial charge in [-0.15, -0.1) is 0 Å². The van der Waals surface area contributed by atoms with Gasteiger partial charge in [0, 0.05) is 35.3 Å². The van der Waals surface area contributed by atoms with E-state index in [-0.39, 0.29) is 0 Å². The van der Waals surface area contributed by atoms with E-state index in [1.54, 1.807) is 0 Å². The van der Waals surface area contributed by atoms with Gasteiger partial charge in [-0.25, -0.2) is 0 Å². The minimum Gasteiger partial charge on any atom is -0.507 e. The molecule has 0 saturated heterocycles. The molecule has 118 valence electrons. The minimum atomic E-state index is 0.309. The van der Waals surface area contributed by atoms with Crippen LogP contribution >= 0.6 is 11.6 Å². The summed E-state index contributed by atoms with van der Waals surface area (Å²) in [7, 11) is 1.94. The Morgan fingerprint density at radius 3 is 2.41 bits per heavy atom. The monoisotopic (exact) mass is 318 g/mol. The quantitative estimate of drug-likeness (QED) is 0.889. The van der Waals surface area contributed by atoms with Crippen molar-refractivity contribution in [3.63, 3.8) is 0 Å². The van der Waals surface area contributed by atoms with Gasteiger partial charge in [-0.3, -0.25) is 4.68 Å². The SMILES string of the molecule is C/C=C(\Cl)Cc1c(O)c(C)cc(C)c1-c1nn(C)c(C)c1C. The lowest BCUT2D eigenvalue weighted by molar-refractivity contribution is 0.465. The molecule has 0 unspecified atom stereocenters. The number of phenolic OH excluding ortho intramolecular Hbond substituents is 1. The van der Waals surface area contributed by atoms with E-state index in [0.29, 0.717) is 17.2 Å². The summed E-state index contributed by atoms with van der Waals surface area (Å²) in [6, 6.07) is 2.00. The van der Waals surface area contributed by atoms with Crippen LogP contribution in [0.3, 0.4) is 0 Å². The number of aryl methyl sites for hydroxylation is 3. The fraction of sp³-hybridized carbons (Fsp3) is 0.389. The van der Waals surface area contributed by atoms with E-state index in [9.17, 15) is 5.11 Å². The lowest BCUT2D eigenvalue weighted by Gasteiger charge is -2.16. The third-order valence-electron chi connectivity index (χ3n) is 4.32. The molecule has 2 rings (SSSR count). The van der Waals surface area contributed by atoms with Crippen molar-refractivity contribution in [3.8, 4) is 17.0 Å². The van der Waals surface area contributed by atoms with Gasteiger partial charge in [0.2, 0.25) is 0 Å². The number of hydrogen-bond donors (Lipinski definition) is 1.